The minimum atomic E-state index is -0.321. The third-order valence-corrected chi connectivity index (χ3v) is 4.81. The summed E-state index contributed by atoms with van der Waals surface area (Å²) in [6.45, 7) is 1.98. The van der Waals surface area contributed by atoms with E-state index >= 15 is 0 Å². The molecule has 5 nitrogen and oxygen atoms in total. The van der Waals surface area contributed by atoms with Crippen molar-refractivity contribution >= 4 is 39.4 Å². The van der Waals surface area contributed by atoms with Gasteiger partial charge in [0.1, 0.15) is 5.52 Å². The summed E-state index contributed by atoms with van der Waals surface area (Å²) < 4.78 is 3.71. The van der Waals surface area contributed by atoms with E-state index in [1.54, 1.807) is 11.6 Å². The van der Waals surface area contributed by atoms with Gasteiger partial charge >= 0.3 is 5.69 Å². The summed E-state index contributed by atoms with van der Waals surface area (Å²) >= 11 is 6.24. The molecule has 0 radical (unpaired) electrons. The second kappa shape index (κ2) is 5.63. The highest BCUT2D eigenvalue weighted by Crippen LogP contribution is 2.33. The van der Waals surface area contributed by atoms with E-state index in [-0.39, 0.29) is 5.69 Å². The first-order valence-corrected chi connectivity index (χ1v) is 8.35. The Hall–Kier alpha value is -2.79. The molecule has 2 aromatic heterocycles. The molecule has 0 spiro atoms. The van der Waals surface area contributed by atoms with Gasteiger partial charge in [-0.1, -0.05) is 29.8 Å². The van der Waals surface area contributed by atoms with Crippen LogP contribution in [0.1, 0.15) is 5.56 Å². The van der Waals surface area contributed by atoms with E-state index in [0.717, 1.165) is 33.2 Å². The van der Waals surface area contributed by atoms with Crippen LogP contribution >= 0.6 is 11.6 Å². The molecule has 126 valence electrons. The number of aryl methyl sites for hydroxylation is 2. The van der Waals surface area contributed by atoms with Gasteiger partial charge in [-0.15, -0.1) is 0 Å². The average molecular weight is 353 g/mol. The molecule has 0 unspecified atom stereocenters. The highest BCUT2D eigenvalue weighted by Gasteiger charge is 2.20. The number of nitrogens with one attached hydrogen (secondary N) is 1. The number of hydrogen-bond acceptors (Lipinski definition) is 3. The molecule has 2 aromatic carbocycles. The molecule has 4 rings (SSSR count). The molecule has 0 saturated carbocycles. The van der Waals surface area contributed by atoms with Crippen LogP contribution in [0.25, 0.3) is 27.6 Å². The number of rotatable bonds is 2. The zero-order valence-electron chi connectivity index (χ0n) is 14.2. The third kappa shape index (κ3) is 2.23. The van der Waals surface area contributed by atoms with Gasteiger partial charge in [0, 0.05) is 24.5 Å². The van der Waals surface area contributed by atoms with Gasteiger partial charge in [-0.3, -0.25) is 4.57 Å². The first-order valence-electron chi connectivity index (χ1n) is 7.97. The molecule has 0 amide bonds. The zero-order valence-corrected chi connectivity index (χ0v) is 14.9. The molecule has 6 heteroatoms. The number of hydrogen-bond donors (Lipinski definition) is 1. The Morgan fingerprint density at radius 2 is 1.88 bits per heavy atom. The fraction of sp³-hybridized carbons (Fsp3) is 0.158. The molecular formula is C19H17ClN4O. The Morgan fingerprint density at radius 3 is 2.60 bits per heavy atom. The van der Waals surface area contributed by atoms with Crippen molar-refractivity contribution in [2.75, 3.05) is 12.4 Å². The Balaban J connectivity index is 2.32. The number of para-hydroxylation sites is 1. The van der Waals surface area contributed by atoms with Crippen molar-refractivity contribution in [2.24, 2.45) is 7.05 Å². The fourth-order valence-electron chi connectivity index (χ4n) is 3.40. The number of benzene rings is 2. The summed E-state index contributed by atoms with van der Waals surface area (Å²) in [4.78, 5) is 17.1. The van der Waals surface area contributed by atoms with Crippen molar-refractivity contribution < 1.29 is 0 Å². The van der Waals surface area contributed by atoms with Gasteiger partial charge in [0.05, 0.1) is 16.7 Å². The smallest absolute Gasteiger partial charge is 0.354 e. The number of nitrogens with zero attached hydrogens (tertiary/aromatic N) is 3. The Bertz CT molecular complexity index is 1190. The van der Waals surface area contributed by atoms with E-state index in [9.17, 15) is 4.79 Å². The van der Waals surface area contributed by atoms with E-state index < -0.39 is 0 Å². The minimum Gasteiger partial charge on any atom is -0.371 e. The monoisotopic (exact) mass is 352 g/mol. The molecular weight excluding hydrogens is 336 g/mol. The van der Waals surface area contributed by atoms with Crippen LogP contribution in [0.2, 0.25) is 5.02 Å². The standard InChI is InChI=1S/C19H17ClN4O/c1-11-6-4-5-7-14(11)24-16-13-10-12(20)8-9-15(13)23(3)17(16)18(21-2)22-19(24)25/h4-10H,1-3H3,(H,21,22,25). The highest BCUT2D eigenvalue weighted by molar-refractivity contribution is 6.31. The van der Waals surface area contributed by atoms with Gasteiger partial charge in [-0.2, -0.15) is 4.98 Å². The van der Waals surface area contributed by atoms with E-state index in [0.29, 0.717) is 10.8 Å². The van der Waals surface area contributed by atoms with Crippen LogP contribution in [0.3, 0.4) is 0 Å². The number of fused-ring (bicyclic) bond motifs is 3. The summed E-state index contributed by atoms with van der Waals surface area (Å²) in [5, 5.41) is 4.59. The Labute approximate surface area is 149 Å². The molecule has 2 heterocycles. The number of aromatic nitrogens is 3. The summed E-state index contributed by atoms with van der Waals surface area (Å²) in [7, 11) is 3.73. The highest BCUT2D eigenvalue weighted by atomic mass is 35.5. The lowest BCUT2D eigenvalue weighted by Gasteiger charge is -2.13. The lowest BCUT2D eigenvalue weighted by Crippen LogP contribution is -2.23. The first-order chi connectivity index (χ1) is 12.0. The molecule has 0 aliphatic rings. The number of anilines is 1. The maximum atomic E-state index is 12.9. The molecule has 0 atom stereocenters. The molecule has 4 aromatic rings. The van der Waals surface area contributed by atoms with Gasteiger partial charge in [-0.05, 0) is 36.8 Å². The van der Waals surface area contributed by atoms with Crippen molar-refractivity contribution in [3.05, 3.63) is 63.5 Å². The van der Waals surface area contributed by atoms with Crippen LogP contribution in [-0.2, 0) is 7.05 Å². The van der Waals surface area contributed by atoms with E-state index in [1.165, 1.54) is 0 Å². The van der Waals surface area contributed by atoms with Crippen LogP contribution in [-0.4, -0.2) is 21.2 Å². The topological polar surface area (TPSA) is 51.9 Å². The zero-order chi connectivity index (χ0) is 17.7. The molecule has 0 bridgehead atoms. The molecule has 0 fully saturated rings. The summed E-state index contributed by atoms with van der Waals surface area (Å²) in [5.74, 6) is 0.555. The maximum Gasteiger partial charge on any atom is 0.354 e. The lowest BCUT2D eigenvalue weighted by atomic mass is 10.1. The Morgan fingerprint density at radius 1 is 1.12 bits per heavy atom. The van der Waals surface area contributed by atoms with Crippen LogP contribution in [0.5, 0.6) is 0 Å². The molecule has 25 heavy (non-hydrogen) atoms. The first kappa shape index (κ1) is 15.7. The van der Waals surface area contributed by atoms with Gasteiger partial charge in [0.2, 0.25) is 0 Å². The minimum absolute atomic E-state index is 0.321. The van der Waals surface area contributed by atoms with Crippen LogP contribution in [0.15, 0.2) is 47.3 Å². The number of halogens is 1. The van der Waals surface area contributed by atoms with Gasteiger partial charge < -0.3 is 9.88 Å². The predicted molar refractivity (Wildman–Crippen MR) is 103 cm³/mol. The maximum absolute atomic E-state index is 12.9. The third-order valence-electron chi connectivity index (χ3n) is 4.57. The van der Waals surface area contributed by atoms with Gasteiger partial charge in [-0.25, -0.2) is 4.79 Å². The average Bonchev–Trinajstić information content (AvgIpc) is 2.88. The van der Waals surface area contributed by atoms with Crippen LogP contribution in [0, 0.1) is 6.92 Å². The molecule has 0 aliphatic heterocycles. The largest absolute Gasteiger partial charge is 0.371 e. The predicted octanol–water partition coefficient (Wildman–Crippen LogP) is 3.88. The lowest BCUT2D eigenvalue weighted by molar-refractivity contribution is 0.936. The van der Waals surface area contributed by atoms with E-state index in [1.807, 2.05) is 61.0 Å². The summed E-state index contributed by atoms with van der Waals surface area (Å²) in [5.41, 5.74) is 4.16. The van der Waals surface area contributed by atoms with Crippen molar-refractivity contribution in [1.29, 1.82) is 0 Å². The molecule has 1 N–H and O–H groups in total. The molecule has 0 aliphatic carbocycles. The van der Waals surface area contributed by atoms with Gasteiger partial charge in [0.25, 0.3) is 0 Å². The Kier molecular flexibility index (Phi) is 3.54. The fourth-order valence-corrected chi connectivity index (χ4v) is 3.57. The van der Waals surface area contributed by atoms with Crippen LogP contribution in [0.4, 0.5) is 5.82 Å². The summed E-state index contributed by atoms with van der Waals surface area (Å²) in [6, 6.07) is 13.5. The van der Waals surface area contributed by atoms with Gasteiger partial charge in [0.15, 0.2) is 5.82 Å². The van der Waals surface area contributed by atoms with Crippen molar-refractivity contribution in [3.8, 4) is 5.69 Å². The molecule has 0 saturated heterocycles. The van der Waals surface area contributed by atoms with Crippen molar-refractivity contribution in [2.45, 2.75) is 6.92 Å². The van der Waals surface area contributed by atoms with Crippen LogP contribution < -0.4 is 11.0 Å². The normalized spacial score (nSPS) is 11.4. The van der Waals surface area contributed by atoms with Crippen molar-refractivity contribution in [3.63, 3.8) is 0 Å². The SMILES string of the molecule is CNc1nc(=O)n(-c2ccccc2C)c2c3cc(Cl)ccc3n(C)c12. The van der Waals surface area contributed by atoms with Crippen molar-refractivity contribution in [1.82, 2.24) is 14.1 Å². The summed E-state index contributed by atoms with van der Waals surface area (Å²) in [6.07, 6.45) is 0. The quantitative estimate of drug-likeness (QED) is 0.595. The van der Waals surface area contributed by atoms with E-state index in [2.05, 4.69) is 10.3 Å². The second-order valence-electron chi connectivity index (χ2n) is 6.03. The second-order valence-corrected chi connectivity index (χ2v) is 6.47. The van der Waals surface area contributed by atoms with E-state index in [4.69, 9.17) is 11.6 Å².